The number of ether oxygens (including phenoxy) is 3. The van der Waals surface area contributed by atoms with Crippen molar-refractivity contribution in [2.45, 2.75) is 51.9 Å². The lowest BCUT2D eigenvalue weighted by Crippen LogP contribution is -2.30. The van der Waals surface area contributed by atoms with Crippen LogP contribution in [0.3, 0.4) is 0 Å². The van der Waals surface area contributed by atoms with Crippen LogP contribution in [-0.4, -0.2) is 30.3 Å². The summed E-state index contributed by atoms with van der Waals surface area (Å²) in [5, 5.41) is 2.79. The zero-order chi connectivity index (χ0) is 25.5. The molecular weight excluding hydrogens is 500 g/mol. The van der Waals surface area contributed by atoms with Crippen LogP contribution in [0.15, 0.2) is 48.5 Å². The van der Waals surface area contributed by atoms with Crippen LogP contribution >= 0.6 is 22.9 Å². The molecule has 1 amide bonds. The van der Waals surface area contributed by atoms with Crippen molar-refractivity contribution < 1.29 is 23.8 Å². The second-order valence-electron chi connectivity index (χ2n) is 8.73. The molecule has 0 aliphatic heterocycles. The van der Waals surface area contributed by atoms with Gasteiger partial charge in [-0.1, -0.05) is 41.9 Å². The number of aromatic nitrogens is 1. The molecule has 36 heavy (non-hydrogen) atoms. The van der Waals surface area contributed by atoms with Crippen LogP contribution in [0.1, 0.15) is 42.5 Å². The Hall–Kier alpha value is -3.10. The van der Waals surface area contributed by atoms with Gasteiger partial charge in [0, 0.05) is 6.54 Å². The number of halogens is 1. The van der Waals surface area contributed by atoms with Gasteiger partial charge in [-0.3, -0.25) is 4.79 Å². The van der Waals surface area contributed by atoms with E-state index in [0.29, 0.717) is 16.5 Å². The molecule has 2 atom stereocenters. The summed E-state index contributed by atoms with van der Waals surface area (Å²) in [6.07, 6.45) is 2.74. The van der Waals surface area contributed by atoms with Gasteiger partial charge in [0.1, 0.15) is 12.4 Å². The largest absolute Gasteiger partial charge is 0.489 e. The standard InChI is InChI=1S/C27H29ClN2O5S/c1-17-23(35-21-10-6-9-19(13-21)26(31)33-2)12-11-22(30-17)25-20(14-24(28)36-25)15-29-27(32)34-16-18-7-4-3-5-8-18/h3-5,7-8,11-12,14,19,21H,6,9-10,13,15-16H2,1-2H3,(H,29,32)/t19-,21-/m0/s1. The molecule has 2 aromatic heterocycles. The van der Waals surface area contributed by atoms with Gasteiger partial charge in [0.05, 0.1) is 39.7 Å². The summed E-state index contributed by atoms with van der Waals surface area (Å²) in [6.45, 7) is 2.36. The summed E-state index contributed by atoms with van der Waals surface area (Å²) in [6, 6.07) is 15.1. The van der Waals surface area contributed by atoms with Crippen molar-refractivity contribution in [3.63, 3.8) is 0 Å². The molecule has 1 aliphatic carbocycles. The van der Waals surface area contributed by atoms with Crippen molar-refractivity contribution in [1.82, 2.24) is 10.3 Å². The summed E-state index contributed by atoms with van der Waals surface area (Å²) < 4.78 is 17.0. The topological polar surface area (TPSA) is 86.8 Å². The number of nitrogens with zero attached hydrogens (tertiary/aromatic N) is 1. The Morgan fingerprint density at radius 1 is 1.17 bits per heavy atom. The smallest absolute Gasteiger partial charge is 0.407 e. The Bertz CT molecular complexity index is 1200. The van der Waals surface area contributed by atoms with E-state index in [4.69, 9.17) is 30.8 Å². The summed E-state index contributed by atoms with van der Waals surface area (Å²) in [5.41, 5.74) is 3.28. The molecule has 0 saturated heterocycles. The molecule has 190 valence electrons. The van der Waals surface area contributed by atoms with Crippen molar-refractivity contribution >= 4 is 35.0 Å². The normalized spacial score (nSPS) is 17.3. The van der Waals surface area contributed by atoms with Gasteiger partial charge in [-0.25, -0.2) is 9.78 Å². The maximum atomic E-state index is 12.2. The molecule has 1 N–H and O–H groups in total. The molecule has 1 saturated carbocycles. The van der Waals surface area contributed by atoms with E-state index in [1.807, 2.05) is 55.5 Å². The number of esters is 1. The van der Waals surface area contributed by atoms with Crippen LogP contribution < -0.4 is 10.1 Å². The van der Waals surface area contributed by atoms with Crippen LogP contribution in [0, 0.1) is 12.8 Å². The van der Waals surface area contributed by atoms with Gasteiger partial charge in [-0.05, 0) is 61.9 Å². The zero-order valence-corrected chi connectivity index (χ0v) is 21.9. The van der Waals surface area contributed by atoms with Crippen molar-refractivity contribution in [1.29, 1.82) is 0 Å². The quantitative estimate of drug-likeness (QED) is 0.345. The molecule has 1 fully saturated rings. The van der Waals surface area contributed by atoms with E-state index in [9.17, 15) is 9.59 Å². The fourth-order valence-corrected chi connectivity index (χ4v) is 5.54. The van der Waals surface area contributed by atoms with E-state index in [2.05, 4.69) is 5.32 Å². The first-order valence-electron chi connectivity index (χ1n) is 11.9. The molecule has 0 bridgehead atoms. The average Bonchev–Trinajstić information content (AvgIpc) is 3.28. The van der Waals surface area contributed by atoms with Crippen LogP contribution in [0.2, 0.25) is 4.34 Å². The van der Waals surface area contributed by atoms with Crippen LogP contribution in [-0.2, 0) is 27.4 Å². The van der Waals surface area contributed by atoms with Crippen molar-refractivity contribution in [2.24, 2.45) is 5.92 Å². The monoisotopic (exact) mass is 528 g/mol. The second kappa shape index (κ2) is 12.2. The fraction of sp³-hybridized carbons (Fsp3) is 0.370. The lowest BCUT2D eigenvalue weighted by Gasteiger charge is -2.28. The van der Waals surface area contributed by atoms with Crippen molar-refractivity contribution in [3.05, 3.63) is 69.7 Å². The molecular formula is C27H29ClN2O5S. The number of carbonyl (C=O) groups excluding carboxylic acids is 2. The zero-order valence-electron chi connectivity index (χ0n) is 20.3. The van der Waals surface area contributed by atoms with Gasteiger partial charge in [0.15, 0.2) is 0 Å². The van der Waals surface area contributed by atoms with Gasteiger partial charge in [-0.15, -0.1) is 11.3 Å². The number of amides is 1. The number of carbonyl (C=O) groups is 2. The Morgan fingerprint density at radius 2 is 1.97 bits per heavy atom. The predicted molar refractivity (Wildman–Crippen MR) is 139 cm³/mol. The molecule has 3 aromatic rings. The van der Waals surface area contributed by atoms with Crippen LogP contribution in [0.5, 0.6) is 5.75 Å². The number of nitrogens with one attached hydrogen (secondary N) is 1. The van der Waals surface area contributed by atoms with E-state index in [-0.39, 0.29) is 31.1 Å². The summed E-state index contributed by atoms with van der Waals surface area (Å²) in [4.78, 5) is 29.7. The highest BCUT2D eigenvalue weighted by Crippen LogP contribution is 2.36. The Kier molecular flexibility index (Phi) is 8.83. The minimum Gasteiger partial charge on any atom is -0.489 e. The highest BCUT2D eigenvalue weighted by Gasteiger charge is 2.29. The third-order valence-electron chi connectivity index (χ3n) is 6.14. The Balaban J connectivity index is 1.38. The second-order valence-corrected chi connectivity index (χ2v) is 10.4. The highest BCUT2D eigenvalue weighted by molar-refractivity contribution is 7.19. The Labute approximate surface area is 219 Å². The fourth-order valence-electron chi connectivity index (χ4n) is 4.30. The third kappa shape index (κ3) is 6.77. The lowest BCUT2D eigenvalue weighted by molar-refractivity contribution is -0.147. The first kappa shape index (κ1) is 26.0. The molecule has 4 rings (SSSR count). The van der Waals surface area contributed by atoms with E-state index in [1.54, 1.807) is 0 Å². The molecule has 0 radical (unpaired) electrons. The van der Waals surface area contributed by atoms with Crippen LogP contribution in [0.25, 0.3) is 10.6 Å². The first-order chi connectivity index (χ1) is 17.4. The van der Waals surface area contributed by atoms with Gasteiger partial charge in [0.25, 0.3) is 0 Å². The number of aryl methyl sites for hydroxylation is 1. The number of hydrogen-bond donors (Lipinski definition) is 1. The van der Waals surface area contributed by atoms with Crippen LogP contribution in [0.4, 0.5) is 4.79 Å². The van der Waals surface area contributed by atoms with Gasteiger partial charge in [-0.2, -0.15) is 0 Å². The minimum atomic E-state index is -0.502. The number of hydrogen-bond acceptors (Lipinski definition) is 7. The van der Waals surface area contributed by atoms with E-state index >= 15 is 0 Å². The third-order valence-corrected chi connectivity index (χ3v) is 7.47. The van der Waals surface area contributed by atoms with Crippen molar-refractivity contribution in [2.75, 3.05) is 7.11 Å². The van der Waals surface area contributed by atoms with E-state index < -0.39 is 6.09 Å². The number of benzene rings is 1. The molecule has 9 heteroatoms. The average molecular weight is 529 g/mol. The summed E-state index contributed by atoms with van der Waals surface area (Å²) >= 11 is 7.71. The number of methoxy groups -OCH3 is 1. The van der Waals surface area contributed by atoms with E-state index in [1.165, 1.54) is 18.4 Å². The number of alkyl carbamates (subject to hydrolysis) is 1. The maximum Gasteiger partial charge on any atom is 0.407 e. The van der Waals surface area contributed by atoms with Gasteiger partial charge >= 0.3 is 12.1 Å². The minimum absolute atomic E-state index is 0.0490. The lowest BCUT2D eigenvalue weighted by atomic mass is 9.87. The highest BCUT2D eigenvalue weighted by atomic mass is 35.5. The predicted octanol–water partition coefficient (Wildman–Crippen LogP) is 6.31. The molecule has 0 spiro atoms. The molecule has 7 nitrogen and oxygen atoms in total. The van der Waals surface area contributed by atoms with E-state index in [0.717, 1.165) is 46.7 Å². The van der Waals surface area contributed by atoms with Gasteiger partial charge < -0.3 is 19.5 Å². The van der Waals surface area contributed by atoms with Gasteiger partial charge in [0.2, 0.25) is 0 Å². The molecule has 0 unspecified atom stereocenters. The summed E-state index contributed by atoms with van der Waals surface area (Å²) in [5.74, 6) is 0.401. The Morgan fingerprint density at radius 3 is 2.72 bits per heavy atom. The number of pyridine rings is 1. The summed E-state index contributed by atoms with van der Waals surface area (Å²) in [7, 11) is 1.42. The number of rotatable bonds is 8. The molecule has 2 heterocycles. The number of thiophene rings is 1. The molecule has 1 aromatic carbocycles. The SMILES string of the molecule is COC(=O)[C@H]1CCC[C@H](Oc2ccc(-c3sc(Cl)cc3CNC(=O)OCc3ccccc3)nc2C)C1. The van der Waals surface area contributed by atoms with Crippen molar-refractivity contribution in [3.8, 4) is 16.3 Å². The first-order valence-corrected chi connectivity index (χ1v) is 13.1. The maximum absolute atomic E-state index is 12.2. The molecule has 1 aliphatic rings.